The normalized spacial score (nSPS) is 19.4. The van der Waals surface area contributed by atoms with E-state index in [1.54, 1.807) is 30.0 Å². The van der Waals surface area contributed by atoms with Gasteiger partial charge in [-0.1, -0.05) is 6.07 Å². The van der Waals surface area contributed by atoms with Gasteiger partial charge in [-0.2, -0.15) is 0 Å². The molecule has 1 aliphatic carbocycles. The molecule has 1 unspecified atom stereocenters. The number of carbonyl (C=O) groups is 1. The fourth-order valence-electron chi connectivity index (χ4n) is 3.05. The number of sulfonamides is 1. The van der Waals surface area contributed by atoms with Crippen molar-refractivity contribution in [2.75, 3.05) is 5.75 Å². The number of amides is 1. The molecule has 0 spiro atoms. The van der Waals surface area contributed by atoms with Crippen molar-refractivity contribution in [2.45, 2.75) is 41.1 Å². The van der Waals surface area contributed by atoms with Gasteiger partial charge in [-0.25, -0.2) is 17.5 Å². The van der Waals surface area contributed by atoms with Gasteiger partial charge in [0.05, 0.1) is 10.9 Å². The van der Waals surface area contributed by atoms with Gasteiger partial charge in [0.1, 0.15) is 5.82 Å². The van der Waals surface area contributed by atoms with Gasteiger partial charge in [0, 0.05) is 22.3 Å². The zero-order chi connectivity index (χ0) is 19.0. The molecule has 0 bridgehead atoms. The third-order valence-corrected chi connectivity index (χ3v) is 7.26. The van der Waals surface area contributed by atoms with Crippen LogP contribution in [0.4, 0.5) is 4.39 Å². The van der Waals surface area contributed by atoms with E-state index in [-0.39, 0.29) is 34.3 Å². The summed E-state index contributed by atoms with van der Waals surface area (Å²) in [4.78, 5) is 13.7. The number of hydrogen-bond donors (Lipinski definition) is 2. The zero-order valence-electron chi connectivity index (χ0n) is 14.4. The smallest absolute Gasteiger partial charge is 0.251 e. The van der Waals surface area contributed by atoms with Gasteiger partial charge >= 0.3 is 0 Å². The van der Waals surface area contributed by atoms with E-state index >= 15 is 0 Å². The van der Waals surface area contributed by atoms with Gasteiger partial charge in [0.25, 0.3) is 5.91 Å². The Kier molecular flexibility index (Phi) is 4.96. The first-order chi connectivity index (χ1) is 12.9. The van der Waals surface area contributed by atoms with E-state index < -0.39 is 10.0 Å². The molecule has 1 amide bonds. The van der Waals surface area contributed by atoms with Crippen molar-refractivity contribution in [1.29, 1.82) is 0 Å². The van der Waals surface area contributed by atoms with Crippen LogP contribution in [0.15, 0.2) is 52.3 Å². The Morgan fingerprint density at radius 1 is 1.11 bits per heavy atom. The monoisotopic (exact) mass is 406 g/mol. The van der Waals surface area contributed by atoms with Crippen LogP contribution in [0.1, 0.15) is 41.2 Å². The van der Waals surface area contributed by atoms with Crippen LogP contribution in [-0.4, -0.2) is 26.1 Å². The minimum atomic E-state index is -3.62. The molecule has 1 aliphatic heterocycles. The summed E-state index contributed by atoms with van der Waals surface area (Å²) in [5, 5.41) is 2.92. The second-order valence-electron chi connectivity index (χ2n) is 6.77. The Morgan fingerprint density at radius 2 is 1.93 bits per heavy atom. The van der Waals surface area contributed by atoms with Crippen molar-refractivity contribution in [1.82, 2.24) is 10.0 Å². The Morgan fingerprint density at radius 3 is 2.70 bits per heavy atom. The predicted octanol–water partition coefficient (Wildman–Crippen LogP) is 3.23. The molecular formula is C19H19FN2O3S2. The lowest BCUT2D eigenvalue weighted by Crippen LogP contribution is -2.31. The second kappa shape index (κ2) is 7.26. The molecule has 8 heteroatoms. The van der Waals surface area contributed by atoms with E-state index in [0.29, 0.717) is 6.42 Å². The summed E-state index contributed by atoms with van der Waals surface area (Å²) in [5.41, 5.74) is 1.03. The Bertz CT molecular complexity index is 990. The Hall–Kier alpha value is -1.90. The lowest BCUT2D eigenvalue weighted by atomic mass is 10.0. The Labute approximate surface area is 161 Å². The van der Waals surface area contributed by atoms with E-state index in [2.05, 4.69) is 10.0 Å². The molecule has 0 radical (unpaired) electrons. The van der Waals surface area contributed by atoms with Crippen molar-refractivity contribution in [3.8, 4) is 0 Å². The molecule has 2 aromatic rings. The van der Waals surface area contributed by atoms with Crippen molar-refractivity contribution in [2.24, 2.45) is 0 Å². The molecule has 4 rings (SSSR count). The third-order valence-electron chi connectivity index (χ3n) is 4.62. The molecule has 5 nitrogen and oxygen atoms in total. The maximum absolute atomic E-state index is 13.6. The third kappa shape index (κ3) is 4.17. The molecule has 1 fully saturated rings. The first kappa shape index (κ1) is 18.5. The summed E-state index contributed by atoms with van der Waals surface area (Å²) in [7, 11) is -3.62. The van der Waals surface area contributed by atoms with E-state index in [1.807, 2.05) is 0 Å². The first-order valence-electron chi connectivity index (χ1n) is 8.78. The maximum Gasteiger partial charge on any atom is 0.251 e. The molecule has 1 saturated carbocycles. The summed E-state index contributed by atoms with van der Waals surface area (Å²) in [6.45, 7) is 0. The van der Waals surface area contributed by atoms with Crippen LogP contribution in [0.2, 0.25) is 0 Å². The molecule has 0 saturated heterocycles. The average Bonchev–Trinajstić information content (AvgIpc) is 3.45. The van der Waals surface area contributed by atoms with E-state index in [9.17, 15) is 17.6 Å². The number of halogens is 1. The summed E-state index contributed by atoms with van der Waals surface area (Å²) >= 11 is 1.64. The van der Waals surface area contributed by atoms with Gasteiger partial charge < -0.3 is 5.32 Å². The summed E-state index contributed by atoms with van der Waals surface area (Å²) in [6.07, 6.45) is 2.37. The standard InChI is InChI=1S/C19H19FN2O3S2/c20-13-4-7-18-16(11-13)17(8-9-26-18)21-19(23)12-2-1-3-15(10-12)27(24,25)22-14-5-6-14/h1-4,7,10-11,14,17,22H,5-6,8-9H2,(H,21,23). The highest BCUT2D eigenvalue weighted by atomic mass is 32.2. The number of carbonyl (C=O) groups excluding carboxylic acids is 1. The summed E-state index contributed by atoms with van der Waals surface area (Å²) in [5.74, 6) is 0.115. The van der Waals surface area contributed by atoms with Gasteiger partial charge in [-0.05, 0) is 61.2 Å². The molecule has 0 aromatic heterocycles. The van der Waals surface area contributed by atoms with E-state index in [0.717, 1.165) is 29.1 Å². The molecule has 1 heterocycles. The lowest BCUT2D eigenvalue weighted by Gasteiger charge is -2.26. The van der Waals surface area contributed by atoms with E-state index in [1.165, 1.54) is 24.3 Å². The van der Waals surface area contributed by atoms with Gasteiger partial charge in [-0.3, -0.25) is 4.79 Å². The van der Waals surface area contributed by atoms with Crippen LogP contribution in [0.25, 0.3) is 0 Å². The van der Waals surface area contributed by atoms with Crippen LogP contribution in [0.3, 0.4) is 0 Å². The van der Waals surface area contributed by atoms with Crippen LogP contribution < -0.4 is 10.0 Å². The SMILES string of the molecule is O=C(NC1CCSc2ccc(F)cc21)c1cccc(S(=O)(=O)NC2CC2)c1. The summed E-state index contributed by atoms with van der Waals surface area (Å²) in [6, 6.07) is 10.3. The second-order valence-corrected chi connectivity index (χ2v) is 9.62. The number of thioether (sulfide) groups is 1. The zero-order valence-corrected chi connectivity index (χ0v) is 16.1. The quantitative estimate of drug-likeness (QED) is 0.799. The van der Waals surface area contributed by atoms with Crippen molar-refractivity contribution in [3.05, 3.63) is 59.4 Å². The lowest BCUT2D eigenvalue weighted by molar-refractivity contribution is 0.0934. The highest BCUT2D eigenvalue weighted by molar-refractivity contribution is 7.99. The highest BCUT2D eigenvalue weighted by Gasteiger charge is 2.29. The van der Waals surface area contributed by atoms with Gasteiger partial charge in [-0.15, -0.1) is 11.8 Å². The number of nitrogens with one attached hydrogen (secondary N) is 2. The van der Waals surface area contributed by atoms with Crippen LogP contribution in [-0.2, 0) is 10.0 Å². The maximum atomic E-state index is 13.6. The molecular weight excluding hydrogens is 387 g/mol. The van der Waals surface area contributed by atoms with Crippen molar-refractivity contribution in [3.63, 3.8) is 0 Å². The molecule has 2 aliphatic rings. The summed E-state index contributed by atoms with van der Waals surface area (Å²) < 4.78 is 41.0. The Balaban J connectivity index is 1.54. The van der Waals surface area contributed by atoms with Crippen molar-refractivity contribution < 1.29 is 17.6 Å². The largest absolute Gasteiger partial charge is 0.345 e. The average molecular weight is 407 g/mol. The van der Waals surface area contributed by atoms with Gasteiger partial charge in [0.2, 0.25) is 10.0 Å². The molecule has 142 valence electrons. The number of benzene rings is 2. The topological polar surface area (TPSA) is 75.3 Å². The van der Waals surface area contributed by atoms with Crippen LogP contribution >= 0.6 is 11.8 Å². The molecule has 1 atom stereocenters. The van der Waals surface area contributed by atoms with Gasteiger partial charge in [0.15, 0.2) is 0 Å². The molecule has 2 N–H and O–H groups in total. The predicted molar refractivity (Wildman–Crippen MR) is 102 cm³/mol. The number of fused-ring (bicyclic) bond motifs is 1. The van der Waals surface area contributed by atoms with Crippen LogP contribution in [0, 0.1) is 5.82 Å². The molecule has 27 heavy (non-hydrogen) atoms. The minimum Gasteiger partial charge on any atom is -0.345 e. The fraction of sp³-hybridized carbons (Fsp3) is 0.316. The van der Waals surface area contributed by atoms with E-state index in [4.69, 9.17) is 0 Å². The van der Waals surface area contributed by atoms with Crippen molar-refractivity contribution >= 4 is 27.7 Å². The first-order valence-corrected chi connectivity index (χ1v) is 11.2. The fourth-order valence-corrected chi connectivity index (χ4v) is 5.51. The molecule has 2 aromatic carbocycles. The van der Waals surface area contributed by atoms with Crippen LogP contribution in [0.5, 0.6) is 0 Å². The number of rotatable bonds is 5. The number of hydrogen-bond acceptors (Lipinski definition) is 4. The minimum absolute atomic E-state index is 0.00128. The highest BCUT2D eigenvalue weighted by Crippen LogP contribution is 2.36.